The van der Waals surface area contributed by atoms with Crippen LogP contribution in [0.4, 0.5) is 22.4 Å². The molecule has 0 saturated heterocycles. The molecule has 13 nitrogen and oxygen atoms in total. The number of fused-ring (bicyclic) bond motifs is 2. The summed E-state index contributed by atoms with van der Waals surface area (Å²) in [7, 11) is 1.94. The van der Waals surface area contributed by atoms with Gasteiger partial charge in [0, 0.05) is 87.6 Å². The van der Waals surface area contributed by atoms with E-state index in [-0.39, 0.29) is 54.8 Å². The molecule has 4 aromatic carbocycles. The summed E-state index contributed by atoms with van der Waals surface area (Å²) >= 11 is 0. The minimum Gasteiger partial charge on any atom is -0.493 e. The van der Waals surface area contributed by atoms with Gasteiger partial charge in [0.25, 0.3) is 0 Å². The Morgan fingerprint density at radius 3 is 1.42 bits per heavy atom. The van der Waals surface area contributed by atoms with Gasteiger partial charge in [-0.05, 0) is 116 Å². The molecule has 6 atom stereocenters. The van der Waals surface area contributed by atoms with Crippen LogP contribution in [-0.2, 0) is 42.3 Å². The molecule has 0 aliphatic carbocycles. The number of hydrogen-bond donors (Lipinski definition) is 6. The summed E-state index contributed by atoms with van der Waals surface area (Å²) in [6, 6.07) is 17.3. The van der Waals surface area contributed by atoms with Gasteiger partial charge >= 0.3 is 6.09 Å². The Kier molecular flexibility index (Phi) is 21.9. The first-order valence-corrected chi connectivity index (χ1v) is 26.0. The quantitative estimate of drug-likeness (QED) is 0.0524. The molecule has 7 rings (SSSR count). The highest BCUT2D eigenvalue weighted by Gasteiger charge is 2.30. The molecule has 0 saturated carbocycles. The van der Waals surface area contributed by atoms with Crippen LogP contribution in [0.5, 0.6) is 11.5 Å². The number of alkyl carbamates (subject to hydrolysis) is 1. The average Bonchev–Trinajstić information content (AvgIpc) is 3.78. The Morgan fingerprint density at radius 1 is 0.658 bits per heavy atom. The van der Waals surface area contributed by atoms with E-state index in [1.165, 1.54) is 42.3 Å². The number of hydrogen-bond acceptors (Lipinski definition) is 10. The molecule has 1 aromatic heterocycles. The lowest BCUT2D eigenvalue weighted by atomic mass is 9.86. The predicted molar refractivity (Wildman–Crippen MR) is 287 cm³/mol. The van der Waals surface area contributed by atoms with E-state index < -0.39 is 59.3 Å². The Hall–Kier alpha value is -6.01. The Labute approximate surface area is 446 Å². The number of rotatable bonds is 16. The smallest absolute Gasteiger partial charge is 0.407 e. The molecule has 416 valence electrons. The molecule has 76 heavy (non-hydrogen) atoms. The van der Waals surface area contributed by atoms with Crippen molar-refractivity contribution in [1.29, 1.82) is 0 Å². The SMILES string of the molecule is CC(=O)N[C@@H](Cc1cc(F)cc(F)c1)[C@H](O)CNC1CCOc2ccc(CC(C)(C)C)cc21.CC(C)(C)Cc1ccc2c(c1)C(NC[C@@H](O)[C@H](Cc1cc(F)cc(F)c1)NC(=O)OC(C)(C)C)CCO2.Cn1ccnc1. The monoisotopic (exact) mass is 1060 g/mol. The minimum absolute atomic E-state index is 0.00656. The van der Waals surface area contributed by atoms with Crippen molar-refractivity contribution in [2.45, 2.75) is 150 Å². The molecular formula is C59H80F4N6O7. The van der Waals surface area contributed by atoms with Crippen molar-refractivity contribution in [3.63, 3.8) is 0 Å². The van der Waals surface area contributed by atoms with Crippen molar-refractivity contribution >= 4 is 12.0 Å². The maximum absolute atomic E-state index is 13.8. The summed E-state index contributed by atoms with van der Waals surface area (Å²) in [5.41, 5.74) is 4.77. The van der Waals surface area contributed by atoms with E-state index in [0.717, 1.165) is 60.4 Å². The normalized spacial score (nSPS) is 16.8. The third-order valence-electron chi connectivity index (χ3n) is 12.3. The fourth-order valence-corrected chi connectivity index (χ4v) is 9.14. The number of benzene rings is 4. The molecule has 0 radical (unpaired) electrons. The van der Waals surface area contributed by atoms with Crippen LogP contribution in [0.3, 0.4) is 0 Å². The number of aliphatic hydroxyl groups excluding tert-OH is 2. The second-order valence-electron chi connectivity index (χ2n) is 23.3. The number of amides is 2. The van der Waals surface area contributed by atoms with Crippen LogP contribution in [-0.4, -0.2) is 88.0 Å². The number of nitrogens with one attached hydrogen (secondary N) is 4. The topological polar surface area (TPSA) is 168 Å². The number of imidazole rings is 1. The predicted octanol–water partition coefficient (Wildman–Crippen LogP) is 9.96. The fourth-order valence-electron chi connectivity index (χ4n) is 9.14. The highest BCUT2D eigenvalue weighted by molar-refractivity contribution is 5.73. The lowest BCUT2D eigenvalue weighted by molar-refractivity contribution is -0.120. The number of halogens is 4. The Bertz CT molecular complexity index is 2610. The number of aromatic nitrogens is 2. The minimum atomic E-state index is -1.05. The zero-order valence-corrected chi connectivity index (χ0v) is 46.0. The van der Waals surface area contributed by atoms with Gasteiger partial charge < -0.3 is 50.3 Å². The van der Waals surface area contributed by atoms with Gasteiger partial charge in [-0.25, -0.2) is 27.3 Å². The van der Waals surface area contributed by atoms with Gasteiger partial charge in [-0.1, -0.05) is 65.8 Å². The Morgan fingerprint density at radius 2 is 1.08 bits per heavy atom. The van der Waals surface area contributed by atoms with E-state index in [1.807, 2.05) is 29.9 Å². The maximum Gasteiger partial charge on any atom is 0.407 e. The molecule has 5 aromatic rings. The van der Waals surface area contributed by atoms with E-state index in [4.69, 9.17) is 14.2 Å². The van der Waals surface area contributed by atoms with Crippen molar-refractivity contribution in [3.05, 3.63) is 148 Å². The lowest BCUT2D eigenvalue weighted by Gasteiger charge is -2.31. The van der Waals surface area contributed by atoms with Gasteiger partial charge in [0.1, 0.15) is 40.4 Å². The molecule has 0 bridgehead atoms. The summed E-state index contributed by atoms with van der Waals surface area (Å²) < 4.78 is 73.7. The third-order valence-corrected chi connectivity index (χ3v) is 12.3. The van der Waals surface area contributed by atoms with Gasteiger partial charge in [-0.15, -0.1) is 0 Å². The standard InChI is InChI=1S/C29H40F2N2O4.C26H34F2N2O3.C4H6N2/c1-28(2,3)16-18-7-8-26-22(13-18)23(9-10-36-26)32-17-25(34)24(33-27(35)37-29(4,5)6)14-19-11-20(30)15-21(31)12-19;1-16(31)30-23(12-18-9-19(27)13-20(28)10-18)24(32)15-29-22-7-8-33-25-6-5-17(11-21(22)25)14-26(2,3)4;1-6-3-2-5-4-6/h7-8,11-13,15,23-25,32,34H,9-10,14,16-17H2,1-6H3,(H,33,35);5-6,9-11,13,22-24,29,32H,7-8,12,14-15H2,1-4H3,(H,30,31);2-4H,1H3/t23?,24-,25+;22?,23-,24+;/m00./s1. The van der Waals surface area contributed by atoms with Crippen molar-refractivity contribution in [2.24, 2.45) is 17.9 Å². The van der Waals surface area contributed by atoms with Crippen molar-refractivity contribution in [2.75, 3.05) is 26.3 Å². The van der Waals surface area contributed by atoms with Crippen LogP contribution in [0, 0.1) is 34.1 Å². The first kappa shape index (κ1) is 60.9. The maximum atomic E-state index is 13.8. The van der Waals surface area contributed by atoms with E-state index in [1.54, 1.807) is 33.3 Å². The number of carbonyl (C=O) groups is 2. The second-order valence-corrected chi connectivity index (χ2v) is 23.3. The largest absolute Gasteiger partial charge is 0.493 e. The average molecular weight is 1060 g/mol. The molecule has 2 amide bonds. The number of aliphatic hydroxyl groups is 2. The molecular weight excluding hydrogens is 981 g/mol. The summed E-state index contributed by atoms with van der Waals surface area (Å²) in [6.07, 6.45) is 6.13. The molecule has 2 aliphatic heterocycles. The van der Waals surface area contributed by atoms with Gasteiger partial charge in [-0.2, -0.15) is 0 Å². The van der Waals surface area contributed by atoms with Crippen molar-refractivity contribution in [3.8, 4) is 11.5 Å². The van der Waals surface area contributed by atoms with Crippen LogP contribution in [0.15, 0.2) is 91.5 Å². The van der Waals surface area contributed by atoms with Crippen LogP contribution in [0.25, 0.3) is 0 Å². The van der Waals surface area contributed by atoms with Crippen molar-refractivity contribution in [1.82, 2.24) is 30.8 Å². The van der Waals surface area contributed by atoms with Crippen molar-refractivity contribution < 1.29 is 51.6 Å². The van der Waals surface area contributed by atoms with Gasteiger partial charge in [0.2, 0.25) is 5.91 Å². The molecule has 0 spiro atoms. The summed E-state index contributed by atoms with van der Waals surface area (Å²) in [5.74, 6) is -1.49. The summed E-state index contributed by atoms with van der Waals surface area (Å²) in [4.78, 5) is 28.0. The highest BCUT2D eigenvalue weighted by Crippen LogP contribution is 2.36. The number of carbonyl (C=O) groups excluding carboxylic acids is 2. The van der Waals surface area contributed by atoms with E-state index >= 15 is 0 Å². The zero-order valence-electron chi connectivity index (χ0n) is 46.0. The van der Waals surface area contributed by atoms with E-state index in [2.05, 4.69) is 92.1 Å². The van der Waals surface area contributed by atoms with Gasteiger partial charge in [-0.3, -0.25) is 4.79 Å². The Balaban J connectivity index is 0.000000253. The number of aryl methyl sites for hydroxylation is 1. The molecule has 2 aliphatic rings. The van der Waals surface area contributed by atoms with Crippen LogP contribution in [0.2, 0.25) is 0 Å². The van der Waals surface area contributed by atoms with E-state index in [9.17, 15) is 37.4 Å². The molecule has 0 fully saturated rings. The zero-order chi connectivity index (χ0) is 56.0. The van der Waals surface area contributed by atoms with E-state index in [0.29, 0.717) is 24.3 Å². The lowest BCUT2D eigenvalue weighted by Crippen LogP contribution is -2.50. The van der Waals surface area contributed by atoms with Gasteiger partial charge in [0.05, 0.1) is 43.8 Å². The number of nitrogens with zero attached hydrogens (tertiary/aromatic N) is 2. The molecule has 6 N–H and O–H groups in total. The molecule has 2 unspecified atom stereocenters. The third kappa shape index (κ3) is 21.2. The first-order valence-electron chi connectivity index (χ1n) is 26.0. The number of ether oxygens (including phenoxy) is 3. The van der Waals surface area contributed by atoms with Crippen LogP contribution < -0.4 is 30.7 Å². The molecule has 3 heterocycles. The fraction of sp³-hybridized carbons (Fsp3) is 0.508. The van der Waals surface area contributed by atoms with Crippen LogP contribution >= 0.6 is 0 Å². The van der Waals surface area contributed by atoms with Gasteiger partial charge in [0.15, 0.2) is 0 Å². The molecule has 17 heteroatoms. The summed E-state index contributed by atoms with van der Waals surface area (Å²) in [6.45, 7) is 21.2. The first-order chi connectivity index (χ1) is 35.6. The van der Waals surface area contributed by atoms with Crippen LogP contribution in [0.1, 0.15) is 128 Å². The second kappa shape index (κ2) is 27.3. The summed E-state index contributed by atoms with van der Waals surface area (Å²) in [5, 5.41) is 34.1. The highest BCUT2D eigenvalue weighted by atomic mass is 19.1.